The van der Waals surface area contributed by atoms with Crippen molar-refractivity contribution in [2.24, 2.45) is 0 Å². The van der Waals surface area contributed by atoms with Gasteiger partial charge in [0.2, 0.25) is 15.9 Å². The monoisotopic (exact) mass is 369 g/mol. The number of nitrogens with zero attached hydrogens (tertiary/aromatic N) is 4. The first kappa shape index (κ1) is 17.2. The number of amides is 1. The first-order valence-electron chi connectivity index (χ1n) is 7.64. The van der Waals surface area contributed by atoms with Crippen LogP contribution < -0.4 is 4.72 Å². The van der Waals surface area contributed by atoms with Gasteiger partial charge in [0.15, 0.2) is 0 Å². The molecule has 1 fully saturated rings. The zero-order valence-corrected chi connectivity index (χ0v) is 14.9. The molecule has 130 valence electrons. The van der Waals surface area contributed by atoms with E-state index in [1.54, 1.807) is 17.0 Å². The van der Waals surface area contributed by atoms with Gasteiger partial charge in [-0.1, -0.05) is 6.07 Å². The minimum absolute atomic E-state index is 0.0284. The molecule has 2 heterocycles. The number of carbonyl (C=O) groups is 1. The maximum absolute atomic E-state index is 12.4. The molecule has 0 atom stereocenters. The second-order valence-corrected chi connectivity index (χ2v) is 7.98. The molecule has 1 aromatic heterocycles. The highest BCUT2D eigenvalue weighted by molar-refractivity contribution is 7.89. The van der Waals surface area contributed by atoms with Crippen LogP contribution in [0.1, 0.15) is 6.42 Å². The number of piperazine rings is 1. The normalized spacial score (nSPS) is 16.6. The van der Waals surface area contributed by atoms with E-state index in [0.29, 0.717) is 24.1 Å². The van der Waals surface area contributed by atoms with Gasteiger partial charge in [-0.25, -0.2) is 13.1 Å². The van der Waals surface area contributed by atoms with Crippen molar-refractivity contribution in [3.8, 4) is 0 Å². The van der Waals surface area contributed by atoms with Crippen LogP contribution >= 0.6 is 11.7 Å². The number of hydrogen-bond acceptors (Lipinski definition) is 7. The predicted molar refractivity (Wildman–Crippen MR) is 91.3 cm³/mol. The number of hydrogen-bond donors (Lipinski definition) is 1. The van der Waals surface area contributed by atoms with Crippen molar-refractivity contribution in [3.05, 3.63) is 18.2 Å². The molecule has 0 saturated carbocycles. The summed E-state index contributed by atoms with van der Waals surface area (Å²) in [6, 6.07) is 4.84. The van der Waals surface area contributed by atoms with Gasteiger partial charge in [-0.2, -0.15) is 8.75 Å². The van der Waals surface area contributed by atoms with Crippen molar-refractivity contribution < 1.29 is 13.2 Å². The zero-order chi connectivity index (χ0) is 17.2. The molecular weight excluding hydrogens is 350 g/mol. The van der Waals surface area contributed by atoms with Crippen LogP contribution in [-0.2, 0) is 14.8 Å². The number of aromatic nitrogens is 2. The van der Waals surface area contributed by atoms with E-state index in [2.05, 4.69) is 18.4 Å². The van der Waals surface area contributed by atoms with Crippen molar-refractivity contribution in [2.45, 2.75) is 11.3 Å². The number of nitrogens with one attached hydrogen (secondary N) is 1. The molecule has 2 aromatic rings. The van der Waals surface area contributed by atoms with E-state index in [1.807, 2.05) is 7.05 Å². The maximum atomic E-state index is 12.4. The van der Waals surface area contributed by atoms with Gasteiger partial charge in [-0.05, 0) is 19.2 Å². The Morgan fingerprint density at radius 2 is 2.00 bits per heavy atom. The molecule has 0 bridgehead atoms. The van der Waals surface area contributed by atoms with E-state index >= 15 is 0 Å². The van der Waals surface area contributed by atoms with E-state index in [0.717, 1.165) is 24.8 Å². The second kappa shape index (κ2) is 7.09. The largest absolute Gasteiger partial charge is 0.340 e. The molecule has 8 nitrogen and oxygen atoms in total. The third-order valence-electron chi connectivity index (χ3n) is 4.03. The number of rotatable bonds is 5. The summed E-state index contributed by atoms with van der Waals surface area (Å²) in [5, 5.41) is 0. The van der Waals surface area contributed by atoms with Gasteiger partial charge in [0.05, 0.1) is 11.7 Å². The molecule has 1 aliphatic rings. The first-order valence-corrected chi connectivity index (χ1v) is 9.86. The van der Waals surface area contributed by atoms with Gasteiger partial charge < -0.3 is 9.80 Å². The minimum Gasteiger partial charge on any atom is -0.340 e. The van der Waals surface area contributed by atoms with Crippen molar-refractivity contribution in [2.75, 3.05) is 39.8 Å². The smallest absolute Gasteiger partial charge is 0.242 e. The first-order chi connectivity index (χ1) is 11.5. The molecule has 10 heteroatoms. The SMILES string of the molecule is CN1CCN(C(=O)CCNS(=O)(=O)c2cccc3nsnc23)CC1. The Morgan fingerprint density at radius 3 is 2.75 bits per heavy atom. The predicted octanol–water partition coefficient (Wildman–Crippen LogP) is 0.134. The maximum Gasteiger partial charge on any atom is 0.242 e. The van der Waals surface area contributed by atoms with Crippen molar-refractivity contribution in [3.63, 3.8) is 0 Å². The van der Waals surface area contributed by atoms with Gasteiger partial charge in [0, 0.05) is 39.1 Å². The summed E-state index contributed by atoms with van der Waals surface area (Å²) in [4.78, 5) is 16.2. The molecule has 24 heavy (non-hydrogen) atoms. The zero-order valence-electron chi connectivity index (χ0n) is 13.3. The molecule has 1 aromatic carbocycles. The molecular formula is C14H19N5O3S2. The Kier molecular flexibility index (Phi) is 5.09. The molecule has 0 unspecified atom stereocenters. The standard InChI is InChI=1S/C14H19N5O3S2/c1-18-7-9-19(10-8-18)13(20)5-6-15-24(21,22)12-4-2-3-11-14(12)17-23-16-11/h2-4,15H,5-10H2,1H3. The van der Waals surface area contributed by atoms with Crippen LogP contribution in [0.15, 0.2) is 23.1 Å². The Balaban J connectivity index is 1.60. The summed E-state index contributed by atoms with van der Waals surface area (Å²) in [6.45, 7) is 3.13. The third kappa shape index (κ3) is 3.72. The quantitative estimate of drug-likeness (QED) is 0.805. The summed E-state index contributed by atoms with van der Waals surface area (Å²) >= 11 is 0.974. The molecule has 0 spiro atoms. The lowest BCUT2D eigenvalue weighted by Crippen LogP contribution is -2.47. The lowest BCUT2D eigenvalue weighted by molar-refractivity contribution is -0.132. The Hall–Kier alpha value is -1.62. The van der Waals surface area contributed by atoms with E-state index in [-0.39, 0.29) is 23.8 Å². The summed E-state index contributed by atoms with van der Waals surface area (Å²) in [6.07, 6.45) is 0.147. The van der Waals surface area contributed by atoms with Crippen LogP contribution in [0.2, 0.25) is 0 Å². The van der Waals surface area contributed by atoms with Crippen LogP contribution in [0.25, 0.3) is 11.0 Å². The number of likely N-dealkylation sites (N-methyl/N-ethyl adjacent to an activating group) is 1. The highest BCUT2D eigenvalue weighted by Gasteiger charge is 2.22. The average molecular weight is 369 g/mol. The highest BCUT2D eigenvalue weighted by Crippen LogP contribution is 2.20. The third-order valence-corrected chi connectivity index (χ3v) is 6.06. The van der Waals surface area contributed by atoms with Crippen LogP contribution in [0.5, 0.6) is 0 Å². The summed E-state index contributed by atoms with van der Waals surface area (Å²) in [5.74, 6) is -0.0284. The van der Waals surface area contributed by atoms with Gasteiger partial charge in [0.1, 0.15) is 15.9 Å². The van der Waals surface area contributed by atoms with Gasteiger partial charge >= 0.3 is 0 Å². The molecule has 1 aliphatic heterocycles. The summed E-state index contributed by atoms with van der Waals surface area (Å²) in [5.41, 5.74) is 0.914. The Bertz CT molecular complexity index is 828. The van der Waals surface area contributed by atoms with Gasteiger partial charge in [-0.15, -0.1) is 0 Å². The number of benzene rings is 1. The van der Waals surface area contributed by atoms with Gasteiger partial charge in [-0.3, -0.25) is 4.79 Å². The molecule has 0 radical (unpaired) electrons. The lowest BCUT2D eigenvalue weighted by Gasteiger charge is -2.32. The molecule has 0 aliphatic carbocycles. The lowest BCUT2D eigenvalue weighted by atomic mass is 10.3. The van der Waals surface area contributed by atoms with Crippen LogP contribution in [0, 0.1) is 0 Å². The Labute approximate surface area is 144 Å². The van der Waals surface area contributed by atoms with E-state index < -0.39 is 10.0 Å². The molecule has 1 saturated heterocycles. The van der Waals surface area contributed by atoms with E-state index in [4.69, 9.17) is 0 Å². The summed E-state index contributed by atoms with van der Waals surface area (Å²) in [7, 11) is -1.70. The second-order valence-electron chi connectivity index (χ2n) is 5.72. The fraction of sp³-hybridized carbons (Fsp3) is 0.500. The number of fused-ring (bicyclic) bond motifs is 1. The fourth-order valence-electron chi connectivity index (χ4n) is 2.58. The van der Waals surface area contributed by atoms with Crippen LogP contribution in [0.4, 0.5) is 0 Å². The van der Waals surface area contributed by atoms with E-state index in [1.165, 1.54) is 6.07 Å². The van der Waals surface area contributed by atoms with Crippen molar-refractivity contribution in [1.29, 1.82) is 0 Å². The van der Waals surface area contributed by atoms with Crippen molar-refractivity contribution in [1.82, 2.24) is 23.3 Å². The average Bonchev–Trinajstić information content (AvgIpc) is 3.03. The van der Waals surface area contributed by atoms with Crippen LogP contribution in [0.3, 0.4) is 0 Å². The number of sulfonamides is 1. The summed E-state index contributed by atoms with van der Waals surface area (Å²) < 4.78 is 35.4. The molecule has 1 amide bonds. The van der Waals surface area contributed by atoms with E-state index in [9.17, 15) is 13.2 Å². The fourth-order valence-corrected chi connectivity index (χ4v) is 4.38. The minimum atomic E-state index is -3.72. The topological polar surface area (TPSA) is 95.5 Å². The number of carbonyl (C=O) groups excluding carboxylic acids is 1. The van der Waals surface area contributed by atoms with Gasteiger partial charge in [0.25, 0.3) is 0 Å². The molecule has 3 rings (SSSR count). The molecule has 1 N–H and O–H groups in total. The highest BCUT2D eigenvalue weighted by atomic mass is 32.2. The van der Waals surface area contributed by atoms with Crippen molar-refractivity contribution >= 4 is 38.7 Å². The Morgan fingerprint density at radius 1 is 1.25 bits per heavy atom. The van der Waals surface area contributed by atoms with Crippen LogP contribution in [-0.4, -0.2) is 72.6 Å².